The lowest BCUT2D eigenvalue weighted by Crippen LogP contribution is -2.23. The zero-order valence-corrected chi connectivity index (χ0v) is 31.3. The van der Waals surface area contributed by atoms with Crippen LogP contribution in [0.2, 0.25) is 0 Å². The normalized spacial score (nSPS) is 18.5. The van der Waals surface area contributed by atoms with Crippen molar-refractivity contribution >= 4 is 24.4 Å². The minimum absolute atomic E-state index is 0.00841. The molecule has 4 rings (SSSR count). The highest BCUT2D eigenvalue weighted by atomic mass is 16.5. The van der Waals surface area contributed by atoms with Gasteiger partial charge >= 0.3 is 11.9 Å². The van der Waals surface area contributed by atoms with Gasteiger partial charge in [0.1, 0.15) is 47.0 Å². The van der Waals surface area contributed by atoms with E-state index in [0.29, 0.717) is 0 Å². The van der Waals surface area contributed by atoms with E-state index in [1.807, 2.05) is 41.5 Å². The standard InChI is InChI=1S/C42H56N2O6/c1-25-19-27(3)37(28(4)20-25)39(43-23-35(31(7)45)41(47)49-33-15-11-9-12-16-33)40(38-29(5)21-26(2)22-30(38)6)44-24-36(32(8)46)42(48)50-34-17-13-10-14-18-34/h19-24,33-34,39-40,45-46H,9-18H2,1-8H3/b35-31-,36-32+,43-23?,44-24?/t39-,40-/m0/s1. The average molecular weight is 685 g/mol. The van der Waals surface area contributed by atoms with Gasteiger partial charge in [0, 0.05) is 12.4 Å². The Labute approximate surface area is 298 Å². The number of rotatable bonds is 11. The maximum Gasteiger partial charge on any atom is 0.343 e. The Morgan fingerprint density at radius 2 is 0.900 bits per heavy atom. The van der Waals surface area contributed by atoms with Crippen LogP contribution >= 0.6 is 0 Å². The predicted molar refractivity (Wildman–Crippen MR) is 200 cm³/mol. The summed E-state index contributed by atoms with van der Waals surface area (Å²) in [6, 6.07) is 7.01. The van der Waals surface area contributed by atoms with Crippen molar-refractivity contribution in [1.82, 2.24) is 0 Å². The summed E-state index contributed by atoms with van der Waals surface area (Å²) in [7, 11) is 0. The summed E-state index contributed by atoms with van der Waals surface area (Å²) in [6.07, 6.45) is 11.9. The third-order valence-electron chi connectivity index (χ3n) is 9.97. The van der Waals surface area contributed by atoms with Crippen LogP contribution in [0, 0.1) is 41.5 Å². The first-order valence-electron chi connectivity index (χ1n) is 18.2. The molecular formula is C42H56N2O6. The molecule has 2 N–H and O–H groups in total. The fourth-order valence-electron chi connectivity index (χ4n) is 7.64. The van der Waals surface area contributed by atoms with Gasteiger partial charge in [-0.15, -0.1) is 0 Å². The van der Waals surface area contributed by atoms with E-state index in [2.05, 4.69) is 24.3 Å². The Hall–Kier alpha value is -4.20. The highest BCUT2D eigenvalue weighted by Crippen LogP contribution is 2.42. The number of nitrogens with zero attached hydrogens (tertiary/aromatic N) is 2. The second-order valence-electron chi connectivity index (χ2n) is 14.4. The molecule has 2 aromatic carbocycles. The number of hydrogen-bond donors (Lipinski definition) is 2. The van der Waals surface area contributed by atoms with Gasteiger partial charge in [0.15, 0.2) is 0 Å². The second kappa shape index (κ2) is 17.6. The number of aliphatic hydroxyl groups excluding tert-OH is 2. The van der Waals surface area contributed by atoms with Gasteiger partial charge in [-0.2, -0.15) is 0 Å². The summed E-state index contributed by atoms with van der Waals surface area (Å²) in [5, 5.41) is 21.4. The predicted octanol–water partition coefficient (Wildman–Crippen LogP) is 9.88. The molecule has 270 valence electrons. The highest BCUT2D eigenvalue weighted by Gasteiger charge is 2.31. The summed E-state index contributed by atoms with van der Waals surface area (Å²) < 4.78 is 11.7. The van der Waals surface area contributed by atoms with Gasteiger partial charge in [0.25, 0.3) is 0 Å². The molecule has 0 spiro atoms. The van der Waals surface area contributed by atoms with Gasteiger partial charge < -0.3 is 19.7 Å². The zero-order valence-electron chi connectivity index (χ0n) is 31.3. The Morgan fingerprint density at radius 1 is 0.600 bits per heavy atom. The van der Waals surface area contributed by atoms with Crippen molar-refractivity contribution in [3.63, 3.8) is 0 Å². The molecule has 8 heteroatoms. The van der Waals surface area contributed by atoms with Gasteiger partial charge in [0.05, 0.1) is 0 Å². The summed E-state index contributed by atoms with van der Waals surface area (Å²) in [5.41, 5.74) is 8.00. The molecule has 0 aromatic heterocycles. The molecular weight excluding hydrogens is 628 g/mol. The Balaban J connectivity index is 1.87. The maximum atomic E-state index is 13.4. The molecule has 0 amide bonds. The molecule has 2 aliphatic rings. The molecule has 2 fully saturated rings. The second-order valence-corrected chi connectivity index (χ2v) is 14.4. The number of esters is 2. The number of benzene rings is 2. The lowest BCUT2D eigenvalue weighted by Gasteiger charge is -2.28. The van der Waals surface area contributed by atoms with Crippen LogP contribution in [0.15, 0.2) is 56.9 Å². The molecule has 0 radical (unpaired) electrons. The van der Waals surface area contributed by atoms with E-state index in [1.165, 1.54) is 26.3 Å². The van der Waals surface area contributed by atoms with Crippen LogP contribution in [-0.2, 0) is 19.1 Å². The van der Waals surface area contributed by atoms with E-state index in [0.717, 1.165) is 109 Å². The van der Waals surface area contributed by atoms with Crippen molar-refractivity contribution in [3.05, 3.63) is 91.4 Å². The van der Waals surface area contributed by atoms with Crippen molar-refractivity contribution in [3.8, 4) is 0 Å². The number of hydrogen-bond acceptors (Lipinski definition) is 8. The molecule has 50 heavy (non-hydrogen) atoms. The van der Waals surface area contributed by atoms with E-state index in [4.69, 9.17) is 19.5 Å². The molecule has 0 bridgehead atoms. The number of aliphatic hydroxyl groups is 2. The fraction of sp³-hybridized carbons (Fsp3) is 0.524. The first-order chi connectivity index (χ1) is 23.8. The number of aliphatic imine (C=N–C) groups is 2. The van der Waals surface area contributed by atoms with Crippen molar-refractivity contribution < 1.29 is 29.3 Å². The zero-order chi connectivity index (χ0) is 36.5. The van der Waals surface area contributed by atoms with E-state index in [-0.39, 0.29) is 34.9 Å². The van der Waals surface area contributed by atoms with Crippen LogP contribution < -0.4 is 0 Å². The molecule has 0 heterocycles. The monoisotopic (exact) mass is 684 g/mol. The van der Waals surface area contributed by atoms with Crippen LogP contribution in [0.5, 0.6) is 0 Å². The molecule has 2 aromatic rings. The molecule has 0 aliphatic heterocycles. The SMILES string of the molecule is C/C(O)=C(\C=N[C@@H](c1c(C)cc(C)cc1C)[C@@H](N=C/C(C(=O)OC1CCCCC1)=C(/C)O)c1c(C)cc(C)cc1C)C(=O)OC1CCCCC1. The van der Waals surface area contributed by atoms with Crippen LogP contribution in [0.3, 0.4) is 0 Å². The lowest BCUT2D eigenvalue weighted by atomic mass is 9.84. The van der Waals surface area contributed by atoms with Crippen LogP contribution in [0.1, 0.15) is 135 Å². The Bertz CT molecular complexity index is 1490. The van der Waals surface area contributed by atoms with Gasteiger partial charge in [-0.25, -0.2) is 9.59 Å². The minimum Gasteiger partial charge on any atom is -0.512 e. The molecule has 0 saturated heterocycles. The summed E-state index contributed by atoms with van der Waals surface area (Å²) in [5.74, 6) is -1.57. The van der Waals surface area contributed by atoms with E-state index >= 15 is 0 Å². The summed E-state index contributed by atoms with van der Waals surface area (Å²) >= 11 is 0. The minimum atomic E-state index is -0.682. The van der Waals surface area contributed by atoms with Gasteiger partial charge in [-0.05, 0) is 140 Å². The number of carbonyl (C=O) groups is 2. The maximum absolute atomic E-state index is 13.4. The van der Waals surface area contributed by atoms with E-state index < -0.39 is 24.0 Å². The van der Waals surface area contributed by atoms with Crippen molar-refractivity contribution in [2.45, 2.75) is 144 Å². The van der Waals surface area contributed by atoms with E-state index in [9.17, 15) is 19.8 Å². The molecule has 8 nitrogen and oxygen atoms in total. The molecule has 2 aliphatic carbocycles. The molecule has 2 saturated carbocycles. The fourth-order valence-corrected chi connectivity index (χ4v) is 7.64. The number of aryl methyl sites for hydroxylation is 6. The highest BCUT2D eigenvalue weighted by molar-refractivity contribution is 6.10. The average Bonchev–Trinajstić information content (AvgIpc) is 3.03. The first kappa shape index (κ1) is 38.6. The lowest BCUT2D eigenvalue weighted by molar-refractivity contribution is -0.146. The summed E-state index contributed by atoms with van der Waals surface area (Å²) in [6.45, 7) is 15.1. The van der Waals surface area contributed by atoms with Crippen molar-refractivity contribution in [2.75, 3.05) is 0 Å². The van der Waals surface area contributed by atoms with Crippen molar-refractivity contribution in [1.29, 1.82) is 0 Å². The number of allylic oxidation sites excluding steroid dienone is 2. The summed E-state index contributed by atoms with van der Waals surface area (Å²) in [4.78, 5) is 37.0. The third-order valence-corrected chi connectivity index (χ3v) is 9.97. The smallest absolute Gasteiger partial charge is 0.343 e. The Morgan fingerprint density at radius 3 is 1.18 bits per heavy atom. The van der Waals surface area contributed by atoms with Crippen LogP contribution in [0.4, 0.5) is 0 Å². The van der Waals surface area contributed by atoms with Gasteiger partial charge in [0.2, 0.25) is 0 Å². The van der Waals surface area contributed by atoms with Crippen LogP contribution in [0.25, 0.3) is 0 Å². The molecule has 2 atom stereocenters. The first-order valence-corrected chi connectivity index (χ1v) is 18.2. The van der Waals surface area contributed by atoms with E-state index in [1.54, 1.807) is 0 Å². The van der Waals surface area contributed by atoms with Gasteiger partial charge in [-0.1, -0.05) is 48.2 Å². The molecule has 0 unspecified atom stereocenters. The quantitative estimate of drug-likeness (QED) is 0.105. The Kier molecular flexibility index (Phi) is 13.6. The van der Waals surface area contributed by atoms with Gasteiger partial charge in [-0.3, -0.25) is 9.98 Å². The topological polar surface area (TPSA) is 118 Å². The third kappa shape index (κ3) is 9.95. The largest absolute Gasteiger partial charge is 0.512 e. The van der Waals surface area contributed by atoms with Crippen molar-refractivity contribution in [2.24, 2.45) is 9.98 Å². The number of carbonyl (C=O) groups excluding carboxylic acids is 2. The number of ether oxygens (including phenoxy) is 2. The van der Waals surface area contributed by atoms with Crippen LogP contribution in [-0.4, -0.2) is 46.8 Å².